The summed E-state index contributed by atoms with van der Waals surface area (Å²) >= 11 is 1.73. The van der Waals surface area contributed by atoms with Gasteiger partial charge in [-0.25, -0.2) is 19.2 Å². The summed E-state index contributed by atoms with van der Waals surface area (Å²) in [6.07, 6.45) is -10.2. The zero-order valence-electron chi connectivity index (χ0n) is 42.3. The van der Waals surface area contributed by atoms with Gasteiger partial charge < -0.3 is 59.7 Å². The van der Waals surface area contributed by atoms with E-state index in [4.69, 9.17) is 28.4 Å². The second-order valence-corrected chi connectivity index (χ2v) is 23.2. The van der Waals surface area contributed by atoms with E-state index < -0.39 is 118 Å². The van der Waals surface area contributed by atoms with Gasteiger partial charge in [-0.2, -0.15) is 11.8 Å². The lowest BCUT2D eigenvalue weighted by atomic mass is 9.44. The van der Waals surface area contributed by atoms with E-state index in [1.807, 2.05) is 0 Å². The number of benzene rings is 2. The average Bonchev–Trinajstić information content (AvgIpc) is 3.88. The molecule has 3 heterocycles. The summed E-state index contributed by atoms with van der Waals surface area (Å²) in [5.74, 6) is -5.47. The summed E-state index contributed by atoms with van der Waals surface area (Å²) in [6.45, 7) is 11.8. The van der Waals surface area contributed by atoms with Gasteiger partial charge in [-0.15, -0.1) is 0 Å². The fourth-order valence-electron chi connectivity index (χ4n) is 12.1. The number of esters is 4. The van der Waals surface area contributed by atoms with Crippen molar-refractivity contribution >= 4 is 53.5 Å². The summed E-state index contributed by atoms with van der Waals surface area (Å²) in [5, 5.41) is 47.0. The Morgan fingerprint density at radius 3 is 2.25 bits per heavy atom. The number of Topliss-reactive ketones (excluding diaryl/α,β-unsaturated/α-hetero) is 1. The maximum absolute atomic E-state index is 15.3. The van der Waals surface area contributed by atoms with Crippen LogP contribution in [-0.2, 0) is 47.6 Å². The number of ketones is 1. The van der Waals surface area contributed by atoms with Crippen molar-refractivity contribution in [2.45, 2.75) is 171 Å². The number of unbranched alkanes of at least 4 members (excludes halogenated alkanes) is 1. The van der Waals surface area contributed by atoms with Crippen molar-refractivity contribution in [2.24, 2.45) is 16.7 Å². The Balaban J connectivity index is 1.18. The molecule has 0 spiro atoms. The van der Waals surface area contributed by atoms with Crippen molar-refractivity contribution in [3.63, 3.8) is 0 Å². The number of aliphatic hydroxyl groups is 3. The summed E-state index contributed by atoms with van der Waals surface area (Å²) in [6, 6.07) is 14.4. The molecule has 2 saturated carbocycles. The Kier molecular flexibility index (Phi) is 14.9. The number of hydrogen-bond acceptors (Lipinski definition) is 17. The number of nitrogens with one attached hydrogen (secondary N) is 3. The molecule has 396 valence electrons. The van der Waals surface area contributed by atoms with Crippen LogP contribution in [0.5, 0.6) is 0 Å². The highest BCUT2D eigenvalue weighted by molar-refractivity contribution is 8.00. The molecule has 2 bridgehead atoms. The number of alkyl carbamates (subject to hydrolysis) is 1. The number of carbonyl (C=O) groups is 7. The van der Waals surface area contributed by atoms with Crippen LogP contribution in [0.2, 0.25) is 0 Å². The predicted molar refractivity (Wildman–Crippen MR) is 261 cm³/mol. The molecule has 0 aromatic heterocycles. The van der Waals surface area contributed by atoms with Crippen LogP contribution >= 0.6 is 11.8 Å². The van der Waals surface area contributed by atoms with Crippen molar-refractivity contribution in [1.29, 1.82) is 0 Å². The van der Waals surface area contributed by atoms with Crippen LogP contribution in [0.3, 0.4) is 0 Å². The van der Waals surface area contributed by atoms with Crippen molar-refractivity contribution in [3.05, 3.63) is 82.9 Å². The zero-order valence-corrected chi connectivity index (χ0v) is 43.2. The van der Waals surface area contributed by atoms with E-state index >= 15 is 9.59 Å². The molecule has 0 unspecified atom stereocenters. The second kappa shape index (κ2) is 20.3. The molecule has 5 fully saturated rings. The van der Waals surface area contributed by atoms with Gasteiger partial charge in [0.05, 0.1) is 41.7 Å². The molecule has 3 amide bonds. The lowest BCUT2D eigenvalue weighted by Gasteiger charge is -2.67. The molecule has 6 N–H and O–H groups in total. The molecule has 2 aromatic carbocycles. The minimum absolute atomic E-state index is 0.0247. The molecule has 14 atom stereocenters. The lowest BCUT2D eigenvalue weighted by Crippen LogP contribution is -2.81. The largest absolute Gasteiger partial charge is 0.455 e. The van der Waals surface area contributed by atoms with Crippen LogP contribution in [0.15, 0.2) is 71.8 Å². The molecule has 6 aliphatic rings. The van der Waals surface area contributed by atoms with E-state index in [0.29, 0.717) is 24.8 Å². The van der Waals surface area contributed by atoms with Gasteiger partial charge in [0.2, 0.25) is 6.10 Å². The first-order valence-electron chi connectivity index (χ1n) is 24.9. The Bertz CT molecular complexity index is 2520. The molecule has 0 radical (unpaired) electrons. The molecular formula is C53H67N3O16S. The van der Waals surface area contributed by atoms with Crippen LogP contribution in [0.1, 0.15) is 116 Å². The number of urea groups is 1. The van der Waals surface area contributed by atoms with Gasteiger partial charge in [0.1, 0.15) is 41.7 Å². The van der Waals surface area contributed by atoms with Crippen LogP contribution in [-0.4, -0.2) is 140 Å². The molecule has 3 aliphatic heterocycles. The van der Waals surface area contributed by atoms with Crippen LogP contribution in [0.4, 0.5) is 9.59 Å². The fourth-order valence-corrected chi connectivity index (χ4v) is 13.7. The molecule has 73 heavy (non-hydrogen) atoms. The quantitative estimate of drug-likeness (QED) is 0.0499. The predicted octanol–water partition coefficient (Wildman–Crippen LogP) is 4.54. The topological polar surface area (TPSA) is 272 Å². The molecule has 3 aliphatic carbocycles. The fraction of sp³-hybridized carbons (Fsp3) is 0.604. The first-order chi connectivity index (χ1) is 34.3. The Hall–Kier alpha value is -5.54. The van der Waals surface area contributed by atoms with Gasteiger partial charge in [0.15, 0.2) is 11.4 Å². The summed E-state index contributed by atoms with van der Waals surface area (Å²) in [4.78, 5) is 97.5. The minimum Gasteiger partial charge on any atom is -0.455 e. The minimum atomic E-state index is -2.43. The third-order valence-corrected chi connectivity index (χ3v) is 17.4. The van der Waals surface area contributed by atoms with Crippen molar-refractivity contribution < 1.29 is 77.3 Å². The standard InChI is InChI=1S/C53H67N3O16S/c1-27-32(68-46(63)41(38(29-17-11-9-12-18-29)56-48(65)72-49(3,4)5)69-36(59)22-16-15-21-33-39-31(25-73-33)54-47(64)55-39)24-53(66)44(70-45(62)30-19-13-10-14-20-30)42-51(8,43(61)40(60)37(27)50(53,6)7)34(58)23-35-52(42,26-67-35)71-28(2)57/h9-14,17-20,31-35,38-42,44,58,60,66H,15-16,21-26H2,1-8H3,(H,56,65)(H2,54,55,64)/t31-,32-,33-,34-,35+,38-,39-,40+,41+,42-,44-,51+,52-,53+/m0/s1. The van der Waals surface area contributed by atoms with Gasteiger partial charge in [-0.1, -0.05) is 68.8 Å². The third-order valence-electron chi connectivity index (χ3n) is 15.9. The molecule has 20 heteroatoms. The normalized spacial score (nSPS) is 33.8. The zero-order chi connectivity index (χ0) is 53.0. The van der Waals surface area contributed by atoms with Crippen LogP contribution < -0.4 is 16.0 Å². The number of hydrogen-bond donors (Lipinski definition) is 6. The average molecular weight is 1030 g/mol. The van der Waals surface area contributed by atoms with Crippen molar-refractivity contribution in [2.75, 3.05) is 12.4 Å². The highest BCUT2D eigenvalue weighted by atomic mass is 32.2. The summed E-state index contributed by atoms with van der Waals surface area (Å²) in [5.41, 5.74) is -8.54. The van der Waals surface area contributed by atoms with E-state index in [1.54, 1.807) is 94.9 Å². The number of carbonyl (C=O) groups excluding carboxylic acids is 7. The van der Waals surface area contributed by atoms with E-state index in [1.165, 1.54) is 26.0 Å². The maximum atomic E-state index is 15.3. The monoisotopic (exact) mass is 1030 g/mol. The SMILES string of the molecule is CC(=O)O[C@@]12CO[C@@H]1C[C@H](O)[C@@]1(C)C(=O)[C@H](O)C3=C(C)[C@@H](OC(=O)[C@H](OC(=O)CCCC[C@@H]4SC[C@@H]5NC(=O)N[C@@H]54)[C@@H](NC(=O)OC(C)(C)C)c4ccccc4)C[C@@](O)([C@@H](OC(=O)c4ccccc4)[C@H]21)C3(C)C. The second-order valence-electron chi connectivity index (χ2n) is 21.9. The molecule has 3 saturated heterocycles. The maximum Gasteiger partial charge on any atom is 0.408 e. The first-order valence-corrected chi connectivity index (χ1v) is 25.9. The van der Waals surface area contributed by atoms with Crippen molar-refractivity contribution in [1.82, 2.24) is 16.0 Å². The van der Waals surface area contributed by atoms with Gasteiger partial charge in [0, 0.05) is 42.6 Å². The van der Waals surface area contributed by atoms with Crippen LogP contribution in [0, 0.1) is 16.7 Å². The third kappa shape index (κ3) is 9.97. The molecule has 2 aromatic rings. The lowest BCUT2D eigenvalue weighted by molar-refractivity contribution is -0.346. The smallest absolute Gasteiger partial charge is 0.408 e. The summed E-state index contributed by atoms with van der Waals surface area (Å²) < 4.78 is 36.4. The van der Waals surface area contributed by atoms with E-state index in [9.17, 15) is 39.3 Å². The van der Waals surface area contributed by atoms with E-state index in [0.717, 1.165) is 12.7 Å². The number of rotatable bonds is 14. The van der Waals surface area contributed by atoms with Gasteiger partial charge in [-0.05, 0) is 76.3 Å². The molecular weight excluding hydrogens is 967 g/mol. The van der Waals surface area contributed by atoms with Crippen molar-refractivity contribution in [3.8, 4) is 0 Å². The molecule has 8 rings (SSSR count). The van der Waals surface area contributed by atoms with E-state index in [-0.39, 0.29) is 59.5 Å². The van der Waals surface area contributed by atoms with Gasteiger partial charge >= 0.3 is 36.0 Å². The Morgan fingerprint density at radius 2 is 1.62 bits per heavy atom. The highest BCUT2D eigenvalue weighted by Gasteiger charge is 2.78. The number of thioether (sulfide) groups is 1. The van der Waals surface area contributed by atoms with E-state index in [2.05, 4.69) is 16.0 Å². The number of amides is 3. The van der Waals surface area contributed by atoms with Gasteiger partial charge in [-0.3, -0.25) is 14.4 Å². The Morgan fingerprint density at radius 1 is 0.945 bits per heavy atom. The Labute approximate surface area is 428 Å². The first kappa shape index (κ1) is 53.7. The summed E-state index contributed by atoms with van der Waals surface area (Å²) in [7, 11) is 0. The number of fused-ring (bicyclic) bond motifs is 6. The molecule has 19 nitrogen and oxygen atoms in total. The number of ether oxygens (including phenoxy) is 6. The van der Waals surface area contributed by atoms with Crippen LogP contribution in [0.25, 0.3) is 0 Å². The highest BCUT2D eigenvalue weighted by Crippen LogP contribution is 2.64. The van der Waals surface area contributed by atoms with Gasteiger partial charge in [0.25, 0.3) is 0 Å². The number of aliphatic hydroxyl groups excluding tert-OH is 2.